The Morgan fingerprint density at radius 2 is 2.15 bits per heavy atom. The second kappa shape index (κ2) is 12.2. The summed E-state index contributed by atoms with van der Waals surface area (Å²) in [5, 5.41) is 3.44. The van der Waals surface area contributed by atoms with Crippen LogP contribution in [0, 0.1) is 12.8 Å². The minimum absolute atomic E-state index is 0. The van der Waals surface area contributed by atoms with Gasteiger partial charge in [-0.3, -0.25) is 9.79 Å². The van der Waals surface area contributed by atoms with Gasteiger partial charge >= 0.3 is 0 Å². The predicted octanol–water partition coefficient (Wildman–Crippen LogP) is 2.21. The first-order valence-corrected chi connectivity index (χ1v) is 9.49. The highest BCUT2D eigenvalue weighted by Gasteiger charge is 2.23. The summed E-state index contributed by atoms with van der Waals surface area (Å²) >= 11 is 0. The molecule has 1 aliphatic heterocycles. The summed E-state index contributed by atoms with van der Waals surface area (Å²) in [5.41, 5.74) is 8.05. The molecule has 0 bridgehead atoms. The molecule has 1 unspecified atom stereocenters. The number of aryl methyl sites for hydroxylation is 1. The lowest BCUT2D eigenvalue weighted by atomic mass is 9.97. The van der Waals surface area contributed by atoms with Crippen LogP contribution in [0.4, 0.5) is 0 Å². The Hall–Kier alpha value is -1.35. The molecule has 3 N–H and O–H groups in total. The van der Waals surface area contributed by atoms with E-state index in [1.165, 1.54) is 11.1 Å². The van der Waals surface area contributed by atoms with E-state index < -0.39 is 0 Å². The van der Waals surface area contributed by atoms with E-state index in [1.807, 2.05) is 7.05 Å². The molecule has 1 aromatic carbocycles. The number of nitrogens with zero attached hydrogens (tertiary/aromatic N) is 3. The van der Waals surface area contributed by atoms with Crippen molar-refractivity contribution in [2.24, 2.45) is 16.6 Å². The van der Waals surface area contributed by atoms with Gasteiger partial charge < -0.3 is 20.9 Å². The van der Waals surface area contributed by atoms with Crippen LogP contribution < -0.4 is 11.1 Å². The van der Waals surface area contributed by atoms with Crippen LogP contribution in [0.25, 0.3) is 0 Å². The molecule has 6 nitrogen and oxygen atoms in total. The Labute approximate surface area is 180 Å². The van der Waals surface area contributed by atoms with Gasteiger partial charge in [0, 0.05) is 33.7 Å². The van der Waals surface area contributed by atoms with Gasteiger partial charge in [0.1, 0.15) is 0 Å². The maximum absolute atomic E-state index is 11.4. The number of piperidine rings is 1. The van der Waals surface area contributed by atoms with E-state index in [9.17, 15) is 4.79 Å². The van der Waals surface area contributed by atoms with Crippen molar-refractivity contribution in [1.29, 1.82) is 0 Å². The second-order valence-electron chi connectivity index (χ2n) is 7.15. The van der Waals surface area contributed by atoms with E-state index in [-0.39, 0.29) is 35.8 Å². The van der Waals surface area contributed by atoms with Crippen LogP contribution in [-0.4, -0.2) is 61.9 Å². The van der Waals surface area contributed by atoms with Crippen LogP contribution in [0.3, 0.4) is 0 Å². The molecule has 0 spiro atoms. The van der Waals surface area contributed by atoms with Crippen molar-refractivity contribution in [3.05, 3.63) is 35.4 Å². The molecular formula is C20H34IN5O. The van der Waals surface area contributed by atoms with Crippen molar-refractivity contribution in [1.82, 2.24) is 15.1 Å². The number of carbonyl (C=O) groups is 1. The first-order chi connectivity index (χ1) is 12.5. The van der Waals surface area contributed by atoms with E-state index >= 15 is 0 Å². The largest absolute Gasteiger partial charge is 0.369 e. The number of guanidine groups is 1. The number of primary amides is 1. The van der Waals surface area contributed by atoms with E-state index in [2.05, 4.69) is 58.3 Å². The van der Waals surface area contributed by atoms with Crippen LogP contribution >= 0.6 is 24.0 Å². The average Bonchev–Trinajstić information content (AvgIpc) is 2.64. The molecule has 2 rings (SSSR count). The number of aliphatic imine (C=N–C) groups is 1. The summed E-state index contributed by atoms with van der Waals surface area (Å²) in [7, 11) is 3.88. The van der Waals surface area contributed by atoms with Gasteiger partial charge in [-0.2, -0.15) is 0 Å². The van der Waals surface area contributed by atoms with Crippen molar-refractivity contribution in [2.45, 2.75) is 32.7 Å². The SMILES string of the molecule is CN=C(NCCCN1CCCC(C(N)=O)C1)N(C)Cc1ccccc1C.I. The van der Waals surface area contributed by atoms with Gasteiger partial charge in [-0.05, 0) is 50.4 Å². The fourth-order valence-corrected chi connectivity index (χ4v) is 3.50. The standard InChI is InChI=1S/C20H33N5O.HI/c1-16-8-4-5-9-17(16)14-24(3)20(22-2)23-11-7-13-25-12-6-10-18(15-25)19(21)26;/h4-5,8-9,18H,6-7,10-15H2,1-3H3,(H2,21,26)(H,22,23);1H. The molecule has 0 radical (unpaired) electrons. The van der Waals surface area contributed by atoms with Crippen molar-refractivity contribution < 1.29 is 4.79 Å². The molecule has 1 amide bonds. The van der Waals surface area contributed by atoms with Gasteiger partial charge in [-0.25, -0.2) is 0 Å². The average molecular weight is 487 g/mol. The summed E-state index contributed by atoms with van der Waals surface area (Å²) in [6, 6.07) is 8.43. The zero-order chi connectivity index (χ0) is 18.9. The lowest BCUT2D eigenvalue weighted by molar-refractivity contribution is -0.123. The highest BCUT2D eigenvalue weighted by molar-refractivity contribution is 14.0. The van der Waals surface area contributed by atoms with Crippen molar-refractivity contribution >= 4 is 35.8 Å². The second-order valence-corrected chi connectivity index (χ2v) is 7.15. The fourth-order valence-electron chi connectivity index (χ4n) is 3.50. The Morgan fingerprint density at radius 1 is 1.41 bits per heavy atom. The summed E-state index contributed by atoms with van der Waals surface area (Å²) < 4.78 is 0. The summed E-state index contributed by atoms with van der Waals surface area (Å²) in [4.78, 5) is 20.3. The smallest absolute Gasteiger partial charge is 0.221 e. The molecule has 27 heavy (non-hydrogen) atoms. The molecule has 1 saturated heterocycles. The molecule has 0 aromatic heterocycles. The fraction of sp³-hybridized carbons (Fsp3) is 0.600. The minimum atomic E-state index is -0.161. The highest BCUT2D eigenvalue weighted by Crippen LogP contribution is 2.16. The Bertz CT molecular complexity index is 622. The number of benzene rings is 1. The molecule has 7 heteroatoms. The number of nitrogens with two attached hydrogens (primary N) is 1. The molecule has 0 saturated carbocycles. The van der Waals surface area contributed by atoms with Gasteiger partial charge in [0.2, 0.25) is 5.91 Å². The van der Waals surface area contributed by atoms with Crippen molar-refractivity contribution in [3.8, 4) is 0 Å². The van der Waals surface area contributed by atoms with Crippen molar-refractivity contribution in [2.75, 3.05) is 40.3 Å². The molecular weight excluding hydrogens is 453 g/mol. The predicted molar refractivity (Wildman–Crippen MR) is 122 cm³/mol. The van der Waals surface area contributed by atoms with E-state index in [1.54, 1.807) is 0 Å². The van der Waals surface area contributed by atoms with Gasteiger partial charge in [-0.15, -0.1) is 24.0 Å². The number of likely N-dealkylation sites (tertiary alicyclic amines) is 1. The summed E-state index contributed by atoms with van der Waals surface area (Å²) in [6.07, 6.45) is 3.00. The van der Waals surface area contributed by atoms with Gasteiger partial charge in [0.05, 0.1) is 5.92 Å². The highest BCUT2D eigenvalue weighted by atomic mass is 127. The Kier molecular flexibility index (Phi) is 10.7. The van der Waals surface area contributed by atoms with Gasteiger partial charge in [0.15, 0.2) is 5.96 Å². The third-order valence-electron chi connectivity index (χ3n) is 5.08. The van der Waals surface area contributed by atoms with E-state index in [0.29, 0.717) is 0 Å². The lowest BCUT2D eigenvalue weighted by Crippen LogP contribution is -2.43. The summed E-state index contributed by atoms with van der Waals surface area (Å²) in [6.45, 7) is 6.68. The number of halogens is 1. The van der Waals surface area contributed by atoms with Crippen LogP contribution in [0.15, 0.2) is 29.3 Å². The number of nitrogens with one attached hydrogen (secondary N) is 1. The lowest BCUT2D eigenvalue weighted by Gasteiger charge is -2.31. The van der Waals surface area contributed by atoms with Crippen LogP contribution in [0.2, 0.25) is 0 Å². The summed E-state index contributed by atoms with van der Waals surface area (Å²) in [5.74, 6) is 0.762. The number of amides is 1. The van der Waals surface area contributed by atoms with Gasteiger partial charge in [-0.1, -0.05) is 24.3 Å². The van der Waals surface area contributed by atoms with Gasteiger partial charge in [0.25, 0.3) is 0 Å². The minimum Gasteiger partial charge on any atom is -0.369 e. The Balaban J connectivity index is 0.00000364. The molecule has 152 valence electrons. The molecule has 1 atom stereocenters. The zero-order valence-corrected chi connectivity index (χ0v) is 19.1. The molecule has 1 heterocycles. The first kappa shape index (κ1) is 23.7. The van der Waals surface area contributed by atoms with Crippen LogP contribution in [0.5, 0.6) is 0 Å². The topological polar surface area (TPSA) is 74.0 Å². The number of hydrogen-bond acceptors (Lipinski definition) is 3. The van der Waals surface area contributed by atoms with Crippen LogP contribution in [-0.2, 0) is 11.3 Å². The number of rotatable bonds is 7. The molecule has 1 aromatic rings. The van der Waals surface area contributed by atoms with E-state index in [0.717, 1.165) is 57.9 Å². The van der Waals surface area contributed by atoms with Crippen LogP contribution in [0.1, 0.15) is 30.4 Å². The third-order valence-corrected chi connectivity index (χ3v) is 5.08. The first-order valence-electron chi connectivity index (χ1n) is 9.49. The maximum atomic E-state index is 11.4. The molecule has 1 aliphatic rings. The molecule has 1 fully saturated rings. The van der Waals surface area contributed by atoms with Crippen molar-refractivity contribution in [3.63, 3.8) is 0 Å². The number of carbonyl (C=O) groups excluding carboxylic acids is 1. The quantitative estimate of drug-likeness (QED) is 0.268. The normalized spacial score (nSPS) is 17.9. The van der Waals surface area contributed by atoms with E-state index in [4.69, 9.17) is 5.73 Å². The monoisotopic (exact) mass is 487 g/mol. The third kappa shape index (κ3) is 7.65. The zero-order valence-electron chi connectivity index (χ0n) is 16.8. The Morgan fingerprint density at radius 3 is 2.81 bits per heavy atom. The number of hydrogen-bond donors (Lipinski definition) is 2. The molecule has 0 aliphatic carbocycles. The maximum Gasteiger partial charge on any atom is 0.221 e.